The molecule has 0 saturated carbocycles. The number of amides is 2. The molecule has 0 radical (unpaired) electrons. The van der Waals surface area contributed by atoms with Crippen molar-refractivity contribution in [2.75, 3.05) is 33.2 Å². The summed E-state index contributed by atoms with van der Waals surface area (Å²) in [6.45, 7) is 5.29. The van der Waals surface area contributed by atoms with Crippen molar-refractivity contribution in [1.29, 1.82) is 0 Å². The summed E-state index contributed by atoms with van der Waals surface area (Å²) in [5.74, 6) is 1.29. The summed E-state index contributed by atoms with van der Waals surface area (Å²) in [6.07, 6.45) is 1.02. The first-order valence-electron chi connectivity index (χ1n) is 10.1. The van der Waals surface area contributed by atoms with E-state index in [-0.39, 0.29) is 23.8 Å². The Balaban J connectivity index is 1.42. The van der Waals surface area contributed by atoms with Gasteiger partial charge < -0.3 is 14.3 Å². The third-order valence-corrected chi connectivity index (χ3v) is 5.93. The van der Waals surface area contributed by atoms with Gasteiger partial charge in [-0.15, -0.1) is 0 Å². The number of hydrogen-bond donors (Lipinski definition) is 0. The molecule has 2 amide bonds. The highest BCUT2D eigenvalue weighted by atomic mass is 16.5. The maximum Gasteiger partial charge on any atom is 0.240 e. The predicted octanol–water partition coefficient (Wildman–Crippen LogP) is 1.63. The number of likely N-dealkylation sites (tertiary alicyclic amines) is 1. The zero-order valence-electron chi connectivity index (χ0n) is 17.0. The van der Waals surface area contributed by atoms with Gasteiger partial charge in [0.1, 0.15) is 0 Å². The van der Waals surface area contributed by atoms with Crippen molar-refractivity contribution < 1.29 is 14.1 Å². The standard InChI is InChI=1S/C21H27N5O3/c1-15-22-18(29-23-15)14-25-10-12-26(13-11-25)21(28)17-8-9-19(27)24(2)20(17)16-6-4-3-5-7-16/h3-7,17,20H,8-14H2,1-2H3. The molecule has 2 aliphatic heterocycles. The van der Waals surface area contributed by atoms with Crippen LogP contribution in [0.4, 0.5) is 0 Å². The van der Waals surface area contributed by atoms with E-state index in [0.29, 0.717) is 44.2 Å². The van der Waals surface area contributed by atoms with E-state index in [4.69, 9.17) is 4.52 Å². The molecule has 2 aromatic rings. The van der Waals surface area contributed by atoms with Crippen LogP contribution in [0, 0.1) is 12.8 Å². The largest absolute Gasteiger partial charge is 0.340 e. The molecule has 2 aliphatic rings. The Bertz CT molecular complexity index is 860. The van der Waals surface area contributed by atoms with Gasteiger partial charge in [0, 0.05) is 39.6 Å². The zero-order valence-corrected chi connectivity index (χ0v) is 17.0. The number of piperidine rings is 1. The van der Waals surface area contributed by atoms with Crippen LogP contribution in [0.5, 0.6) is 0 Å². The minimum atomic E-state index is -0.204. The molecule has 8 nitrogen and oxygen atoms in total. The summed E-state index contributed by atoms with van der Waals surface area (Å²) in [5, 5.41) is 3.83. The lowest BCUT2D eigenvalue weighted by Crippen LogP contribution is -2.53. The number of aromatic nitrogens is 2. The number of benzene rings is 1. The van der Waals surface area contributed by atoms with Crippen molar-refractivity contribution in [3.63, 3.8) is 0 Å². The average Bonchev–Trinajstić information content (AvgIpc) is 3.15. The van der Waals surface area contributed by atoms with Gasteiger partial charge in [-0.05, 0) is 18.9 Å². The lowest BCUT2D eigenvalue weighted by molar-refractivity contribution is -0.147. The number of carbonyl (C=O) groups excluding carboxylic acids is 2. The Hall–Kier alpha value is -2.74. The van der Waals surface area contributed by atoms with Crippen LogP contribution in [0.15, 0.2) is 34.9 Å². The molecule has 0 spiro atoms. The summed E-state index contributed by atoms with van der Waals surface area (Å²) < 4.78 is 5.20. The first kappa shape index (κ1) is 19.6. The van der Waals surface area contributed by atoms with Crippen LogP contribution in [0.1, 0.15) is 36.2 Å². The fraction of sp³-hybridized carbons (Fsp3) is 0.524. The van der Waals surface area contributed by atoms with E-state index < -0.39 is 0 Å². The molecular formula is C21H27N5O3. The number of piperazine rings is 1. The second-order valence-corrected chi connectivity index (χ2v) is 7.84. The molecule has 154 valence electrons. The zero-order chi connectivity index (χ0) is 20.4. The maximum absolute atomic E-state index is 13.4. The number of rotatable bonds is 4. The van der Waals surface area contributed by atoms with Crippen molar-refractivity contribution in [2.24, 2.45) is 5.92 Å². The van der Waals surface area contributed by atoms with Crippen LogP contribution in [-0.4, -0.2) is 69.9 Å². The highest BCUT2D eigenvalue weighted by Gasteiger charge is 2.41. The SMILES string of the molecule is Cc1noc(CN2CCN(C(=O)C3CCC(=O)N(C)C3c3ccccc3)CC2)n1. The van der Waals surface area contributed by atoms with E-state index in [0.717, 1.165) is 18.7 Å². The number of hydrogen-bond acceptors (Lipinski definition) is 6. The van der Waals surface area contributed by atoms with Crippen LogP contribution >= 0.6 is 0 Å². The predicted molar refractivity (Wildman–Crippen MR) is 106 cm³/mol. The van der Waals surface area contributed by atoms with E-state index in [1.807, 2.05) is 42.3 Å². The smallest absolute Gasteiger partial charge is 0.240 e. The molecule has 4 rings (SSSR count). The Morgan fingerprint density at radius 1 is 1.17 bits per heavy atom. The molecule has 2 saturated heterocycles. The van der Waals surface area contributed by atoms with E-state index in [1.165, 1.54) is 0 Å². The fourth-order valence-electron chi connectivity index (χ4n) is 4.36. The molecule has 0 aliphatic carbocycles. The average molecular weight is 397 g/mol. The molecule has 0 bridgehead atoms. The Morgan fingerprint density at radius 2 is 1.90 bits per heavy atom. The van der Waals surface area contributed by atoms with Crippen LogP contribution in [0.25, 0.3) is 0 Å². The number of aryl methyl sites for hydroxylation is 1. The van der Waals surface area contributed by atoms with E-state index in [9.17, 15) is 9.59 Å². The molecule has 0 N–H and O–H groups in total. The van der Waals surface area contributed by atoms with Gasteiger partial charge in [0.15, 0.2) is 5.82 Å². The third-order valence-electron chi connectivity index (χ3n) is 5.93. The van der Waals surface area contributed by atoms with Crippen molar-refractivity contribution in [1.82, 2.24) is 24.8 Å². The fourth-order valence-corrected chi connectivity index (χ4v) is 4.36. The molecule has 3 heterocycles. The molecule has 2 unspecified atom stereocenters. The molecular weight excluding hydrogens is 370 g/mol. The quantitative estimate of drug-likeness (QED) is 0.780. The third kappa shape index (κ3) is 4.17. The summed E-state index contributed by atoms with van der Waals surface area (Å²) in [5.41, 5.74) is 1.02. The summed E-state index contributed by atoms with van der Waals surface area (Å²) >= 11 is 0. The van der Waals surface area contributed by atoms with Crippen LogP contribution in [0.2, 0.25) is 0 Å². The molecule has 2 fully saturated rings. The number of nitrogens with zero attached hydrogens (tertiary/aromatic N) is 5. The molecule has 8 heteroatoms. The number of carbonyl (C=O) groups is 2. The van der Waals surface area contributed by atoms with Gasteiger partial charge in [-0.25, -0.2) is 0 Å². The minimum Gasteiger partial charge on any atom is -0.340 e. The monoisotopic (exact) mass is 397 g/mol. The highest BCUT2D eigenvalue weighted by Crippen LogP contribution is 2.37. The van der Waals surface area contributed by atoms with Crippen molar-refractivity contribution in [2.45, 2.75) is 32.4 Å². The minimum absolute atomic E-state index is 0.0996. The second kappa shape index (κ2) is 8.32. The van der Waals surface area contributed by atoms with E-state index in [2.05, 4.69) is 15.0 Å². The van der Waals surface area contributed by atoms with Gasteiger partial charge in [0.2, 0.25) is 17.7 Å². The van der Waals surface area contributed by atoms with Gasteiger partial charge in [0.25, 0.3) is 0 Å². The lowest BCUT2D eigenvalue weighted by Gasteiger charge is -2.42. The Morgan fingerprint density at radius 3 is 2.55 bits per heavy atom. The first-order valence-corrected chi connectivity index (χ1v) is 10.1. The van der Waals surface area contributed by atoms with Crippen molar-refractivity contribution in [3.8, 4) is 0 Å². The summed E-state index contributed by atoms with van der Waals surface area (Å²) in [7, 11) is 1.81. The Kier molecular flexibility index (Phi) is 5.62. The van der Waals surface area contributed by atoms with Gasteiger partial charge in [-0.3, -0.25) is 14.5 Å². The summed E-state index contributed by atoms with van der Waals surface area (Å²) in [4.78, 5) is 35.9. The normalized spacial score (nSPS) is 23.4. The maximum atomic E-state index is 13.4. The van der Waals surface area contributed by atoms with Crippen molar-refractivity contribution >= 4 is 11.8 Å². The van der Waals surface area contributed by atoms with E-state index >= 15 is 0 Å². The van der Waals surface area contributed by atoms with E-state index in [1.54, 1.807) is 11.8 Å². The van der Waals surface area contributed by atoms with Gasteiger partial charge in [-0.1, -0.05) is 35.5 Å². The molecule has 29 heavy (non-hydrogen) atoms. The second-order valence-electron chi connectivity index (χ2n) is 7.84. The van der Waals surface area contributed by atoms with Crippen LogP contribution in [-0.2, 0) is 16.1 Å². The first-order chi connectivity index (χ1) is 14.0. The van der Waals surface area contributed by atoms with Gasteiger partial charge in [-0.2, -0.15) is 4.98 Å². The van der Waals surface area contributed by atoms with Crippen molar-refractivity contribution in [3.05, 3.63) is 47.6 Å². The molecule has 1 aromatic carbocycles. The lowest BCUT2D eigenvalue weighted by atomic mass is 9.83. The topological polar surface area (TPSA) is 82.8 Å². The highest BCUT2D eigenvalue weighted by molar-refractivity contribution is 5.85. The van der Waals surface area contributed by atoms with Gasteiger partial charge in [0.05, 0.1) is 18.5 Å². The molecule has 1 aromatic heterocycles. The van der Waals surface area contributed by atoms with Gasteiger partial charge >= 0.3 is 0 Å². The van der Waals surface area contributed by atoms with Crippen LogP contribution in [0.3, 0.4) is 0 Å². The summed E-state index contributed by atoms with van der Waals surface area (Å²) in [6, 6.07) is 9.68. The van der Waals surface area contributed by atoms with Crippen LogP contribution < -0.4 is 0 Å². The molecule has 2 atom stereocenters. The Labute approximate surface area is 170 Å².